The van der Waals surface area contributed by atoms with Crippen LogP contribution in [0, 0.1) is 0 Å². The van der Waals surface area contributed by atoms with Crippen molar-refractivity contribution >= 4 is 0 Å². The molecule has 0 atom stereocenters. The molecule has 0 spiro atoms. The van der Waals surface area contributed by atoms with Gasteiger partial charge < -0.3 is 14.8 Å². The number of aromatic nitrogens is 2. The van der Waals surface area contributed by atoms with Crippen LogP contribution in [0.15, 0.2) is 30.5 Å². The Labute approximate surface area is 119 Å². The summed E-state index contributed by atoms with van der Waals surface area (Å²) in [6.45, 7) is 4.10. The number of nitrogens with zero attached hydrogens (tertiary/aromatic N) is 2. The van der Waals surface area contributed by atoms with Gasteiger partial charge in [0, 0.05) is 26.3 Å². The van der Waals surface area contributed by atoms with Gasteiger partial charge in [0.05, 0.1) is 19.4 Å². The number of methoxy groups -OCH3 is 1. The lowest BCUT2D eigenvalue weighted by Crippen LogP contribution is -2.13. The fourth-order valence-electron chi connectivity index (χ4n) is 1.99. The topological polar surface area (TPSA) is 48.3 Å². The smallest absolute Gasteiger partial charge is 0.161 e. The maximum Gasteiger partial charge on any atom is 0.161 e. The summed E-state index contributed by atoms with van der Waals surface area (Å²) in [6, 6.07) is 7.98. The summed E-state index contributed by atoms with van der Waals surface area (Å²) in [6.07, 6.45) is 1.94. The Kier molecular flexibility index (Phi) is 5.01. The van der Waals surface area contributed by atoms with Crippen molar-refractivity contribution in [3.8, 4) is 11.5 Å². The minimum atomic E-state index is 0.626. The lowest BCUT2D eigenvalue weighted by molar-refractivity contribution is 0.310. The summed E-state index contributed by atoms with van der Waals surface area (Å²) in [4.78, 5) is 0. The van der Waals surface area contributed by atoms with Crippen LogP contribution >= 0.6 is 0 Å². The molecule has 1 N–H and O–H groups in total. The van der Waals surface area contributed by atoms with E-state index < -0.39 is 0 Å². The molecule has 0 radical (unpaired) electrons. The maximum absolute atomic E-state index is 5.57. The van der Waals surface area contributed by atoms with E-state index in [1.54, 1.807) is 11.8 Å². The van der Waals surface area contributed by atoms with Crippen molar-refractivity contribution in [1.29, 1.82) is 0 Å². The maximum atomic E-state index is 5.57. The van der Waals surface area contributed by atoms with Crippen molar-refractivity contribution < 1.29 is 9.47 Å². The molecule has 0 saturated carbocycles. The molecule has 0 aliphatic rings. The van der Waals surface area contributed by atoms with Crippen LogP contribution in [0.5, 0.6) is 11.5 Å². The molecule has 2 rings (SSSR count). The number of ether oxygens (including phenoxy) is 2. The van der Waals surface area contributed by atoms with Gasteiger partial charge in [-0.05, 0) is 30.7 Å². The second kappa shape index (κ2) is 6.96. The zero-order chi connectivity index (χ0) is 14.4. The second-order valence-electron chi connectivity index (χ2n) is 4.50. The Balaban J connectivity index is 1.93. The summed E-state index contributed by atoms with van der Waals surface area (Å²) < 4.78 is 12.6. The minimum absolute atomic E-state index is 0.626. The average molecular weight is 275 g/mol. The predicted octanol–water partition coefficient (Wildman–Crippen LogP) is 2.12. The number of rotatable bonds is 7. The molecule has 0 saturated heterocycles. The van der Waals surface area contributed by atoms with Gasteiger partial charge in [0.25, 0.3) is 0 Å². The number of aryl methyl sites for hydroxylation is 1. The zero-order valence-electron chi connectivity index (χ0n) is 12.2. The van der Waals surface area contributed by atoms with Gasteiger partial charge in [0.15, 0.2) is 11.5 Å². The zero-order valence-corrected chi connectivity index (χ0v) is 12.2. The lowest BCUT2D eigenvalue weighted by Gasteiger charge is -2.11. The highest BCUT2D eigenvalue weighted by atomic mass is 16.5. The number of benzene rings is 1. The Morgan fingerprint density at radius 3 is 2.70 bits per heavy atom. The van der Waals surface area contributed by atoms with Crippen LogP contribution in [0.2, 0.25) is 0 Å². The third-order valence-corrected chi connectivity index (χ3v) is 2.93. The van der Waals surface area contributed by atoms with Crippen LogP contribution in [0.3, 0.4) is 0 Å². The molecule has 1 aromatic carbocycles. The van der Waals surface area contributed by atoms with Crippen molar-refractivity contribution in [3.63, 3.8) is 0 Å². The van der Waals surface area contributed by atoms with E-state index in [1.807, 2.05) is 44.4 Å². The van der Waals surface area contributed by atoms with Crippen LogP contribution in [0.25, 0.3) is 0 Å². The highest BCUT2D eigenvalue weighted by molar-refractivity contribution is 5.42. The van der Waals surface area contributed by atoms with E-state index in [-0.39, 0.29) is 0 Å². The summed E-state index contributed by atoms with van der Waals surface area (Å²) in [5.41, 5.74) is 2.19. The first-order valence-corrected chi connectivity index (χ1v) is 6.72. The quantitative estimate of drug-likeness (QED) is 0.841. The average Bonchev–Trinajstić information content (AvgIpc) is 2.85. The van der Waals surface area contributed by atoms with Gasteiger partial charge >= 0.3 is 0 Å². The fraction of sp³-hybridized carbons (Fsp3) is 0.400. The summed E-state index contributed by atoms with van der Waals surface area (Å²) in [5.74, 6) is 1.55. The summed E-state index contributed by atoms with van der Waals surface area (Å²) in [7, 11) is 3.57. The van der Waals surface area contributed by atoms with Crippen LogP contribution in [0.4, 0.5) is 0 Å². The van der Waals surface area contributed by atoms with Crippen molar-refractivity contribution in [2.75, 3.05) is 13.7 Å². The molecular weight excluding hydrogens is 254 g/mol. The Morgan fingerprint density at radius 2 is 2.05 bits per heavy atom. The molecule has 5 heteroatoms. The van der Waals surface area contributed by atoms with Gasteiger partial charge in [-0.15, -0.1) is 0 Å². The van der Waals surface area contributed by atoms with Crippen LogP contribution in [-0.4, -0.2) is 23.5 Å². The molecule has 0 unspecified atom stereocenters. The van der Waals surface area contributed by atoms with E-state index in [1.165, 1.54) is 0 Å². The van der Waals surface area contributed by atoms with Gasteiger partial charge in [-0.3, -0.25) is 4.68 Å². The van der Waals surface area contributed by atoms with E-state index in [2.05, 4.69) is 10.4 Å². The predicted molar refractivity (Wildman–Crippen MR) is 77.9 cm³/mol. The SMILES string of the molecule is CCOc1cc(CNCc2ccn(C)n2)ccc1OC. The van der Waals surface area contributed by atoms with Gasteiger partial charge in [-0.1, -0.05) is 6.07 Å². The van der Waals surface area contributed by atoms with Gasteiger partial charge in [-0.2, -0.15) is 5.10 Å². The summed E-state index contributed by atoms with van der Waals surface area (Å²) >= 11 is 0. The van der Waals surface area contributed by atoms with Crippen LogP contribution < -0.4 is 14.8 Å². The molecule has 5 nitrogen and oxygen atoms in total. The first-order valence-electron chi connectivity index (χ1n) is 6.72. The number of hydrogen-bond donors (Lipinski definition) is 1. The Morgan fingerprint density at radius 1 is 1.20 bits per heavy atom. The van der Waals surface area contributed by atoms with Crippen LogP contribution in [0.1, 0.15) is 18.2 Å². The van der Waals surface area contributed by atoms with Gasteiger partial charge in [0.1, 0.15) is 0 Å². The fourth-order valence-corrected chi connectivity index (χ4v) is 1.99. The normalized spacial score (nSPS) is 10.6. The lowest BCUT2D eigenvalue weighted by atomic mass is 10.2. The summed E-state index contributed by atoms with van der Waals surface area (Å²) in [5, 5.41) is 7.69. The van der Waals surface area contributed by atoms with Crippen molar-refractivity contribution in [2.45, 2.75) is 20.0 Å². The van der Waals surface area contributed by atoms with Gasteiger partial charge in [0.2, 0.25) is 0 Å². The first kappa shape index (κ1) is 14.4. The Bertz CT molecular complexity index is 552. The number of nitrogens with one attached hydrogen (secondary N) is 1. The molecule has 20 heavy (non-hydrogen) atoms. The van der Waals surface area contributed by atoms with E-state index in [0.29, 0.717) is 6.61 Å². The Hall–Kier alpha value is -2.01. The van der Waals surface area contributed by atoms with E-state index in [0.717, 1.165) is 35.8 Å². The molecule has 0 bridgehead atoms. The number of hydrogen-bond acceptors (Lipinski definition) is 4. The molecular formula is C15H21N3O2. The van der Waals surface area contributed by atoms with Crippen molar-refractivity contribution in [3.05, 3.63) is 41.7 Å². The highest BCUT2D eigenvalue weighted by Gasteiger charge is 2.05. The monoisotopic (exact) mass is 275 g/mol. The van der Waals surface area contributed by atoms with E-state index >= 15 is 0 Å². The molecule has 2 aromatic rings. The van der Waals surface area contributed by atoms with Crippen molar-refractivity contribution in [2.24, 2.45) is 7.05 Å². The molecule has 0 aliphatic heterocycles. The molecule has 1 aromatic heterocycles. The third-order valence-electron chi connectivity index (χ3n) is 2.93. The van der Waals surface area contributed by atoms with Crippen LogP contribution in [-0.2, 0) is 20.1 Å². The van der Waals surface area contributed by atoms with Crippen molar-refractivity contribution in [1.82, 2.24) is 15.1 Å². The van der Waals surface area contributed by atoms with E-state index in [9.17, 15) is 0 Å². The van der Waals surface area contributed by atoms with Gasteiger partial charge in [-0.25, -0.2) is 0 Å². The molecule has 0 amide bonds. The first-order chi connectivity index (χ1) is 9.72. The highest BCUT2D eigenvalue weighted by Crippen LogP contribution is 2.27. The molecule has 0 aliphatic carbocycles. The molecule has 108 valence electrons. The minimum Gasteiger partial charge on any atom is -0.493 e. The molecule has 1 heterocycles. The largest absolute Gasteiger partial charge is 0.493 e. The molecule has 0 fully saturated rings. The second-order valence-corrected chi connectivity index (χ2v) is 4.50. The van der Waals surface area contributed by atoms with E-state index in [4.69, 9.17) is 9.47 Å². The third kappa shape index (κ3) is 3.74. The standard InChI is InChI=1S/C15H21N3O2/c1-4-20-15-9-12(5-6-14(15)19-3)10-16-11-13-7-8-18(2)17-13/h5-9,16H,4,10-11H2,1-3H3.